The fourth-order valence-electron chi connectivity index (χ4n) is 4.85. The second-order valence-electron chi connectivity index (χ2n) is 7.69. The smallest absolute Gasteiger partial charge is 0.223 e. The molecule has 3 unspecified atom stereocenters. The molecule has 2 saturated heterocycles. The maximum absolute atomic E-state index is 12.7. The van der Waals surface area contributed by atoms with Gasteiger partial charge in [0.1, 0.15) is 0 Å². The van der Waals surface area contributed by atoms with Crippen molar-refractivity contribution in [1.29, 1.82) is 0 Å². The molecule has 0 spiro atoms. The Balaban J connectivity index is 0.00000176. The van der Waals surface area contributed by atoms with Crippen LogP contribution in [0.3, 0.4) is 0 Å². The molecule has 2 aliphatic heterocycles. The number of piperidine rings is 1. The number of hydrogen-bond acceptors (Lipinski definition) is 2. The standard InChI is InChI=1S/C18H32N2O.ClH/c1-2-5-14(10-13-6-3-4-7-13)18(21)20-17-11-15-8-9-16(12-17)19-15;/h13-17,19H,2-12H2,1H3,(H,20,21);1H. The van der Waals surface area contributed by atoms with Crippen LogP contribution >= 0.6 is 12.4 Å². The first kappa shape index (κ1) is 18.1. The largest absolute Gasteiger partial charge is 0.353 e. The van der Waals surface area contributed by atoms with E-state index in [-0.39, 0.29) is 18.3 Å². The summed E-state index contributed by atoms with van der Waals surface area (Å²) < 4.78 is 0. The zero-order chi connectivity index (χ0) is 14.7. The highest BCUT2D eigenvalue weighted by Crippen LogP contribution is 2.32. The number of halogens is 1. The van der Waals surface area contributed by atoms with Crippen LogP contribution in [0, 0.1) is 11.8 Å². The van der Waals surface area contributed by atoms with Gasteiger partial charge in [0.25, 0.3) is 0 Å². The maximum atomic E-state index is 12.7. The molecule has 1 amide bonds. The number of hydrogen-bond donors (Lipinski definition) is 2. The molecule has 1 aliphatic carbocycles. The van der Waals surface area contributed by atoms with Crippen LogP contribution < -0.4 is 10.6 Å². The molecule has 1 saturated carbocycles. The Kier molecular flexibility index (Phi) is 7.01. The number of rotatable bonds is 6. The lowest BCUT2D eigenvalue weighted by molar-refractivity contribution is -0.126. The Morgan fingerprint density at radius 3 is 2.36 bits per heavy atom. The highest BCUT2D eigenvalue weighted by atomic mass is 35.5. The van der Waals surface area contributed by atoms with Gasteiger partial charge in [-0.05, 0) is 44.4 Å². The van der Waals surface area contributed by atoms with Crippen LogP contribution in [0.1, 0.15) is 77.6 Å². The van der Waals surface area contributed by atoms with E-state index < -0.39 is 0 Å². The van der Waals surface area contributed by atoms with Gasteiger partial charge in [0.15, 0.2) is 0 Å². The number of fused-ring (bicyclic) bond motifs is 2. The van der Waals surface area contributed by atoms with Crippen molar-refractivity contribution in [2.24, 2.45) is 11.8 Å². The van der Waals surface area contributed by atoms with Gasteiger partial charge in [-0.25, -0.2) is 0 Å². The first-order valence-corrected chi connectivity index (χ1v) is 9.31. The number of carbonyl (C=O) groups is 1. The van der Waals surface area contributed by atoms with Crippen molar-refractivity contribution in [3.63, 3.8) is 0 Å². The van der Waals surface area contributed by atoms with E-state index in [9.17, 15) is 4.79 Å². The molecule has 3 atom stereocenters. The minimum atomic E-state index is 0. The fourth-order valence-corrected chi connectivity index (χ4v) is 4.85. The van der Waals surface area contributed by atoms with Crippen molar-refractivity contribution in [2.45, 2.75) is 95.7 Å². The van der Waals surface area contributed by atoms with E-state index in [1.807, 2.05) is 0 Å². The van der Waals surface area contributed by atoms with Crippen molar-refractivity contribution >= 4 is 18.3 Å². The molecule has 2 heterocycles. The average molecular weight is 329 g/mol. The van der Waals surface area contributed by atoms with E-state index in [1.54, 1.807) is 0 Å². The highest BCUT2D eigenvalue weighted by Gasteiger charge is 2.35. The fraction of sp³-hybridized carbons (Fsp3) is 0.944. The Labute approximate surface area is 141 Å². The molecule has 128 valence electrons. The lowest BCUT2D eigenvalue weighted by Gasteiger charge is -2.31. The molecule has 3 nitrogen and oxygen atoms in total. The van der Waals surface area contributed by atoms with Gasteiger partial charge in [0.2, 0.25) is 5.91 Å². The molecule has 3 aliphatic rings. The lowest BCUT2D eigenvalue weighted by atomic mass is 9.88. The molecule has 2 N–H and O–H groups in total. The van der Waals surface area contributed by atoms with Gasteiger partial charge < -0.3 is 10.6 Å². The minimum Gasteiger partial charge on any atom is -0.353 e. The number of nitrogens with one attached hydrogen (secondary N) is 2. The second-order valence-corrected chi connectivity index (χ2v) is 7.69. The maximum Gasteiger partial charge on any atom is 0.223 e. The van der Waals surface area contributed by atoms with E-state index in [0.29, 0.717) is 24.0 Å². The van der Waals surface area contributed by atoms with E-state index >= 15 is 0 Å². The molecule has 2 bridgehead atoms. The van der Waals surface area contributed by atoms with E-state index in [0.717, 1.165) is 38.0 Å². The zero-order valence-electron chi connectivity index (χ0n) is 14.0. The van der Waals surface area contributed by atoms with Gasteiger partial charge in [-0.2, -0.15) is 0 Å². The monoisotopic (exact) mass is 328 g/mol. The van der Waals surface area contributed by atoms with Gasteiger partial charge in [-0.1, -0.05) is 39.0 Å². The van der Waals surface area contributed by atoms with Crippen molar-refractivity contribution in [2.75, 3.05) is 0 Å². The SMILES string of the molecule is CCCC(CC1CCCC1)C(=O)NC1CC2CCC(C1)N2.Cl. The first-order chi connectivity index (χ1) is 10.2. The summed E-state index contributed by atoms with van der Waals surface area (Å²) >= 11 is 0. The molecular formula is C18H33ClN2O. The van der Waals surface area contributed by atoms with Crippen LogP contribution in [-0.2, 0) is 4.79 Å². The summed E-state index contributed by atoms with van der Waals surface area (Å²) in [5.41, 5.74) is 0. The van der Waals surface area contributed by atoms with Crippen LogP contribution in [0.25, 0.3) is 0 Å². The highest BCUT2D eigenvalue weighted by molar-refractivity contribution is 5.85. The summed E-state index contributed by atoms with van der Waals surface area (Å²) in [7, 11) is 0. The van der Waals surface area contributed by atoms with Gasteiger partial charge in [-0.15, -0.1) is 12.4 Å². The Morgan fingerprint density at radius 1 is 1.14 bits per heavy atom. The van der Waals surface area contributed by atoms with Crippen LogP contribution in [0.15, 0.2) is 0 Å². The van der Waals surface area contributed by atoms with Crippen LogP contribution in [0.5, 0.6) is 0 Å². The number of amides is 1. The molecule has 0 radical (unpaired) electrons. The Morgan fingerprint density at radius 2 is 1.77 bits per heavy atom. The predicted molar refractivity (Wildman–Crippen MR) is 93.3 cm³/mol. The minimum absolute atomic E-state index is 0. The summed E-state index contributed by atoms with van der Waals surface area (Å²) in [6.45, 7) is 2.21. The zero-order valence-corrected chi connectivity index (χ0v) is 14.8. The van der Waals surface area contributed by atoms with Crippen molar-refractivity contribution in [1.82, 2.24) is 10.6 Å². The third kappa shape index (κ3) is 4.61. The molecule has 0 aromatic heterocycles. The van der Waals surface area contributed by atoms with Crippen LogP contribution in [0.4, 0.5) is 0 Å². The number of carbonyl (C=O) groups excluding carboxylic acids is 1. The third-order valence-electron chi connectivity index (χ3n) is 5.92. The van der Waals surface area contributed by atoms with E-state index in [2.05, 4.69) is 17.6 Å². The quantitative estimate of drug-likeness (QED) is 0.778. The topological polar surface area (TPSA) is 41.1 Å². The third-order valence-corrected chi connectivity index (χ3v) is 5.92. The molecule has 0 aromatic carbocycles. The first-order valence-electron chi connectivity index (χ1n) is 9.31. The van der Waals surface area contributed by atoms with Gasteiger partial charge >= 0.3 is 0 Å². The van der Waals surface area contributed by atoms with Crippen LogP contribution in [0.2, 0.25) is 0 Å². The predicted octanol–water partition coefficient (Wildman–Crippen LogP) is 3.80. The lowest BCUT2D eigenvalue weighted by Crippen LogP contribution is -2.49. The molecule has 22 heavy (non-hydrogen) atoms. The molecule has 0 aromatic rings. The van der Waals surface area contributed by atoms with Crippen molar-refractivity contribution in [3.05, 3.63) is 0 Å². The summed E-state index contributed by atoms with van der Waals surface area (Å²) in [5, 5.41) is 7.05. The normalized spacial score (nSPS) is 32.5. The molecule has 4 heteroatoms. The Hall–Kier alpha value is -0.280. The summed E-state index contributed by atoms with van der Waals surface area (Å²) in [6, 6.07) is 1.75. The second kappa shape index (κ2) is 8.54. The van der Waals surface area contributed by atoms with Crippen molar-refractivity contribution < 1.29 is 4.79 Å². The van der Waals surface area contributed by atoms with Gasteiger partial charge in [-0.3, -0.25) is 4.79 Å². The molecule has 3 rings (SSSR count). The van der Waals surface area contributed by atoms with Gasteiger partial charge in [0.05, 0.1) is 0 Å². The van der Waals surface area contributed by atoms with Crippen LogP contribution in [-0.4, -0.2) is 24.0 Å². The van der Waals surface area contributed by atoms with Gasteiger partial charge in [0, 0.05) is 24.0 Å². The summed E-state index contributed by atoms with van der Waals surface area (Å²) in [6.07, 6.45) is 13.7. The molecule has 3 fully saturated rings. The average Bonchev–Trinajstić information content (AvgIpc) is 3.08. The van der Waals surface area contributed by atoms with Crippen molar-refractivity contribution in [3.8, 4) is 0 Å². The summed E-state index contributed by atoms with van der Waals surface area (Å²) in [5.74, 6) is 1.44. The van der Waals surface area contributed by atoms with E-state index in [4.69, 9.17) is 0 Å². The molecular weight excluding hydrogens is 296 g/mol. The van der Waals surface area contributed by atoms with E-state index in [1.165, 1.54) is 38.5 Å². The Bertz CT molecular complexity index is 345. The summed E-state index contributed by atoms with van der Waals surface area (Å²) in [4.78, 5) is 12.7.